The molecule has 1 atom stereocenters. The van der Waals surface area contributed by atoms with Gasteiger partial charge in [-0.05, 0) is 24.1 Å². The minimum absolute atomic E-state index is 0.123. The van der Waals surface area contributed by atoms with Crippen LogP contribution in [0.25, 0.3) is 0 Å². The second kappa shape index (κ2) is 4.97. The number of benzene rings is 1. The standard InChI is InChI=1S/C12H14N2O3/c13-7-17-9-3-1-8(2-4-9)10-5-6-11(15)14-12(10)16/h1-4,10H,5-7,13H2,(H,14,15,16). The first-order chi connectivity index (χ1) is 8.20. The molecule has 3 N–H and O–H groups in total. The van der Waals surface area contributed by atoms with Crippen LogP contribution in [0.5, 0.6) is 5.75 Å². The molecular formula is C12H14N2O3. The van der Waals surface area contributed by atoms with Crippen LogP contribution in [0.1, 0.15) is 24.3 Å². The Kier molecular flexibility index (Phi) is 3.39. The molecule has 0 saturated carbocycles. The molecule has 1 fully saturated rings. The fourth-order valence-corrected chi connectivity index (χ4v) is 1.90. The Balaban J connectivity index is 2.11. The SMILES string of the molecule is NCOc1ccc(C2CCC(=O)NC2=O)cc1. The Morgan fingerprint density at radius 1 is 1.29 bits per heavy atom. The Bertz CT molecular complexity index is 428. The van der Waals surface area contributed by atoms with Crippen molar-refractivity contribution in [3.8, 4) is 5.75 Å². The van der Waals surface area contributed by atoms with Crippen LogP contribution in [-0.4, -0.2) is 18.5 Å². The summed E-state index contributed by atoms with van der Waals surface area (Å²) in [6, 6.07) is 7.19. The van der Waals surface area contributed by atoms with Crippen LogP contribution in [0.2, 0.25) is 0 Å². The summed E-state index contributed by atoms with van der Waals surface area (Å²) in [5, 5.41) is 2.34. The van der Waals surface area contributed by atoms with Gasteiger partial charge >= 0.3 is 0 Å². The monoisotopic (exact) mass is 234 g/mol. The van der Waals surface area contributed by atoms with Gasteiger partial charge in [0.05, 0.1) is 5.92 Å². The van der Waals surface area contributed by atoms with E-state index in [0.29, 0.717) is 18.6 Å². The predicted molar refractivity (Wildman–Crippen MR) is 61.2 cm³/mol. The molecule has 0 aliphatic carbocycles. The summed E-state index contributed by atoms with van der Waals surface area (Å²) in [4.78, 5) is 22.7. The molecule has 5 heteroatoms. The van der Waals surface area contributed by atoms with Crippen molar-refractivity contribution in [1.82, 2.24) is 5.32 Å². The number of carbonyl (C=O) groups excluding carboxylic acids is 2. The summed E-state index contributed by atoms with van der Waals surface area (Å²) in [6.07, 6.45) is 0.944. The van der Waals surface area contributed by atoms with Crippen LogP contribution >= 0.6 is 0 Å². The van der Waals surface area contributed by atoms with Crippen LogP contribution in [0.4, 0.5) is 0 Å². The third kappa shape index (κ3) is 2.62. The molecule has 1 aliphatic rings. The summed E-state index contributed by atoms with van der Waals surface area (Å²) in [7, 11) is 0. The van der Waals surface area contributed by atoms with Crippen LogP contribution in [0, 0.1) is 0 Å². The first-order valence-corrected chi connectivity index (χ1v) is 5.47. The second-order valence-corrected chi connectivity index (χ2v) is 3.88. The molecule has 1 aliphatic heterocycles. The van der Waals surface area contributed by atoms with E-state index in [2.05, 4.69) is 5.32 Å². The highest BCUT2D eigenvalue weighted by molar-refractivity contribution is 6.00. The van der Waals surface area contributed by atoms with Crippen molar-refractivity contribution in [2.75, 3.05) is 6.73 Å². The summed E-state index contributed by atoms with van der Waals surface area (Å²) in [5.74, 6) is -0.00810. The van der Waals surface area contributed by atoms with E-state index in [0.717, 1.165) is 5.56 Å². The average Bonchev–Trinajstić information content (AvgIpc) is 2.31. The summed E-state index contributed by atoms with van der Waals surface area (Å²) in [5.41, 5.74) is 6.14. The maximum Gasteiger partial charge on any atom is 0.234 e. The summed E-state index contributed by atoms with van der Waals surface area (Å²) < 4.78 is 5.12. The molecule has 1 saturated heterocycles. The summed E-state index contributed by atoms with van der Waals surface area (Å²) >= 11 is 0. The van der Waals surface area contributed by atoms with Gasteiger partial charge in [0.1, 0.15) is 12.5 Å². The first-order valence-electron chi connectivity index (χ1n) is 5.47. The van der Waals surface area contributed by atoms with E-state index in [4.69, 9.17) is 10.5 Å². The van der Waals surface area contributed by atoms with E-state index in [-0.39, 0.29) is 24.5 Å². The van der Waals surface area contributed by atoms with Crippen molar-refractivity contribution in [3.05, 3.63) is 29.8 Å². The second-order valence-electron chi connectivity index (χ2n) is 3.88. The molecule has 0 bridgehead atoms. The van der Waals surface area contributed by atoms with Crippen molar-refractivity contribution in [2.45, 2.75) is 18.8 Å². The molecule has 2 amide bonds. The number of ether oxygens (including phenoxy) is 1. The van der Waals surface area contributed by atoms with E-state index in [9.17, 15) is 9.59 Å². The number of carbonyl (C=O) groups is 2. The number of amides is 2. The highest BCUT2D eigenvalue weighted by atomic mass is 16.5. The molecule has 17 heavy (non-hydrogen) atoms. The van der Waals surface area contributed by atoms with Gasteiger partial charge in [-0.3, -0.25) is 20.6 Å². The molecule has 5 nitrogen and oxygen atoms in total. The zero-order valence-corrected chi connectivity index (χ0v) is 9.31. The van der Waals surface area contributed by atoms with E-state index in [1.54, 1.807) is 12.1 Å². The lowest BCUT2D eigenvalue weighted by Crippen LogP contribution is -2.39. The normalized spacial score (nSPS) is 19.9. The highest BCUT2D eigenvalue weighted by Gasteiger charge is 2.27. The third-order valence-electron chi connectivity index (χ3n) is 2.77. The lowest BCUT2D eigenvalue weighted by atomic mass is 9.90. The third-order valence-corrected chi connectivity index (χ3v) is 2.77. The topological polar surface area (TPSA) is 81.4 Å². The molecule has 1 aromatic carbocycles. The van der Waals surface area contributed by atoms with Crippen LogP contribution in [0.15, 0.2) is 24.3 Å². The van der Waals surface area contributed by atoms with Crippen LogP contribution in [-0.2, 0) is 9.59 Å². The number of nitrogens with one attached hydrogen (secondary N) is 1. The Morgan fingerprint density at radius 2 is 2.00 bits per heavy atom. The highest BCUT2D eigenvalue weighted by Crippen LogP contribution is 2.26. The molecule has 90 valence electrons. The zero-order valence-electron chi connectivity index (χ0n) is 9.31. The van der Waals surface area contributed by atoms with Gasteiger partial charge in [-0.1, -0.05) is 12.1 Å². The van der Waals surface area contributed by atoms with E-state index >= 15 is 0 Å². The Labute approximate surface area is 98.9 Å². The van der Waals surface area contributed by atoms with E-state index < -0.39 is 0 Å². The molecular weight excluding hydrogens is 220 g/mol. The minimum atomic E-state index is -0.250. The number of hydrogen-bond acceptors (Lipinski definition) is 4. The van der Waals surface area contributed by atoms with Crippen molar-refractivity contribution >= 4 is 11.8 Å². The van der Waals surface area contributed by atoms with Gasteiger partial charge in [-0.2, -0.15) is 0 Å². The van der Waals surface area contributed by atoms with Gasteiger partial charge in [0.25, 0.3) is 0 Å². The van der Waals surface area contributed by atoms with E-state index in [1.165, 1.54) is 0 Å². The van der Waals surface area contributed by atoms with Gasteiger partial charge in [0.2, 0.25) is 11.8 Å². The Hall–Kier alpha value is -1.88. The van der Waals surface area contributed by atoms with Crippen molar-refractivity contribution in [2.24, 2.45) is 5.73 Å². The Morgan fingerprint density at radius 3 is 2.59 bits per heavy atom. The van der Waals surface area contributed by atoms with Gasteiger partial charge in [0, 0.05) is 6.42 Å². The molecule has 0 spiro atoms. The molecule has 1 aromatic rings. The smallest absolute Gasteiger partial charge is 0.234 e. The van der Waals surface area contributed by atoms with Gasteiger partial charge in [-0.25, -0.2) is 0 Å². The molecule has 2 rings (SSSR count). The largest absolute Gasteiger partial charge is 0.479 e. The maximum atomic E-state index is 11.6. The van der Waals surface area contributed by atoms with Gasteiger partial charge in [-0.15, -0.1) is 0 Å². The maximum absolute atomic E-state index is 11.6. The number of nitrogens with two attached hydrogens (primary N) is 1. The fourth-order valence-electron chi connectivity index (χ4n) is 1.90. The van der Waals surface area contributed by atoms with Gasteiger partial charge in [0.15, 0.2) is 0 Å². The lowest BCUT2D eigenvalue weighted by molar-refractivity contribution is -0.134. The predicted octanol–water partition coefficient (Wildman–Crippen LogP) is 0.502. The quantitative estimate of drug-likeness (QED) is 0.589. The number of hydrogen-bond donors (Lipinski definition) is 2. The molecule has 0 aromatic heterocycles. The molecule has 1 heterocycles. The van der Waals surface area contributed by atoms with Gasteiger partial charge < -0.3 is 4.74 Å². The van der Waals surface area contributed by atoms with Crippen LogP contribution < -0.4 is 15.8 Å². The fraction of sp³-hybridized carbons (Fsp3) is 0.333. The van der Waals surface area contributed by atoms with Crippen molar-refractivity contribution < 1.29 is 14.3 Å². The zero-order chi connectivity index (χ0) is 12.3. The van der Waals surface area contributed by atoms with Crippen LogP contribution in [0.3, 0.4) is 0 Å². The lowest BCUT2D eigenvalue weighted by Gasteiger charge is -2.21. The average molecular weight is 234 g/mol. The number of rotatable bonds is 3. The minimum Gasteiger partial charge on any atom is -0.479 e. The molecule has 0 radical (unpaired) electrons. The van der Waals surface area contributed by atoms with Crippen molar-refractivity contribution in [1.29, 1.82) is 0 Å². The number of imide groups is 1. The van der Waals surface area contributed by atoms with Crippen molar-refractivity contribution in [3.63, 3.8) is 0 Å². The van der Waals surface area contributed by atoms with E-state index in [1.807, 2.05) is 12.1 Å². The summed E-state index contributed by atoms with van der Waals surface area (Å²) in [6.45, 7) is 0.123. The number of piperidine rings is 1. The molecule has 1 unspecified atom stereocenters. The first kappa shape index (κ1) is 11.6.